The van der Waals surface area contributed by atoms with Gasteiger partial charge >= 0.3 is 0 Å². The van der Waals surface area contributed by atoms with Crippen molar-refractivity contribution in [3.05, 3.63) is 36.5 Å². The summed E-state index contributed by atoms with van der Waals surface area (Å²) in [6.45, 7) is 0. The van der Waals surface area contributed by atoms with E-state index >= 15 is 0 Å². The third kappa shape index (κ3) is 0.664. The van der Waals surface area contributed by atoms with Gasteiger partial charge < -0.3 is 10.2 Å². The first-order chi connectivity index (χ1) is 4.62. The normalized spacial score (nSPS) is 48.6. The van der Waals surface area contributed by atoms with Gasteiger partial charge in [0.25, 0.3) is 0 Å². The van der Waals surface area contributed by atoms with Crippen LogP contribution in [0.4, 0.5) is 0 Å². The van der Waals surface area contributed by atoms with E-state index < -0.39 is 11.2 Å². The van der Waals surface area contributed by atoms with E-state index in [1.54, 1.807) is 36.5 Å². The minimum Gasteiger partial charge on any atom is -0.378 e. The van der Waals surface area contributed by atoms with E-state index in [1.165, 1.54) is 0 Å². The largest absolute Gasteiger partial charge is 0.378 e. The molecule has 0 unspecified atom stereocenters. The van der Waals surface area contributed by atoms with E-state index in [-0.39, 0.29) is 0 Å². The lowest BCUT2D eigenvalue weighted by atomic mass is 9.82. The van der Waals surface area contributed by atoms with Gasteiger partial charge in [0.1, 0.15) is 11.2 Å². The maximum Gasteiger partial charge on any atom is 0.120 e. The van der Waals surface area contributed by atoms with Crippen molar-refractivity contribution < 1.29 is 10.2 Å². The highest BCUT2D eigenvalue weighted by Gasteiger charge is 2.32. The lowest BCUT2D eigenvalue weighted by Crippen LogP contribution is -2.35. The van der Waals surface area contributed by atoms with Gasteiger partial charge in [0.05, 0.1) is 0 Å². The molecule has 0 fully saturated rings. The zero-order valence-electron chi connectivity index (χ0n) is 5.36. The lowest BCUT2D eigenvalue weighted by molar-refractivity contribution is 0.141. The van der Waals surface area contributed by atoms with Gasteiger partial charge in [0.2, 0.25) is 0 Å². The summed E-state index contributed by atoms with van der Waals surface area (Å²) in [6.07, 6.45) is 9.46. The predicted molar refractivity (Wildman–Crippen MR) is 37.3 cm³/mol. The van der Waals surface area contributed by atoms with Crippen LogP contribution in [0.25, 0.3) is 0 Å². The molecule has 0 heterocycles. The molecular weight excluding hydrogens is 128 g/mol. The number of rotatable bonds is 0. The number of aliphatic hydroxyl groups is 2. The summed E-state index contributed by atoms with van der Waals surface area (Å²) >= 11 is 0. The van der Waals surface area contributed by atoms with Crippen molar-refractivity contribution in [2.24, 2.45) is 0 Å². The van der Waals surface area contributed by atoms with Crippen LogP contribution >= 0.6 is 0 Å². The molecule has 0 aromatic heterocycles. The zero-order chi connectivity index (χ0) is 7.24. The van der Waals surface area contributed by atoms with Crippen LogP contribution in [0.15, 0.2) is 36.5 Å². The van der Waals surface area contributed by atoms with Crippen molar-refractivity contribution in [3.63, 3.8) is 0 Å². The molecule has 0 saturated heterocycles. The van der Waals surface area contributed by atoms with Gasteiger partial charge in [-0.15, -0.1) is 0 Å². The van der Waals surface area contributed by atoms with E-state index in [9.17, 15) is 10.2 Å². The molecule has 0 aromatic rings. The third-order valence-electron chi connectivity index (χ3n) is 1.85. The van der Waals surface area contributed by atoms with Crippen molar-refractivity contribution in [1.29, 1.82) is 0 Å². The van der Waals surface area contributed by atoms with E-state index in [4.69, 9.17) is 0 Å². The Bertz CT molecular complexity index is 185. The average molecular weight is 136 g/mol. The minimum absolute atomic E-state index is 0.940. The van der Waals surface area contributed by atoms with Gasteiger partial charge in [-0.25, -0.2) is 0 Å². The van der Waals surface area contributed by atoms with Crippen LogP contribution in [0.5, 0.6) is 0 Å². The van der Waals surface area contributed by atoms with Gasteiger partial charge in [-0.05, 0) is 36.5 Å². The molecule has 0 spiro atoms. The molecule has 2 heteroatoms. The molecule has 0 radical (unpaired) electrons. The molecule has 0 aliphatic heterocycles. The topological polar surface area (TPSA) is 40.5 Å². The molecule has 0 amide bonds. The van der Waals surface area contributed by atoms with E-state index in [1.807, 2.05) is 0 Å². The average Bonchev–Trinajstić information content (AvgIpc) is 1.93. The van der Waals surface area contributed by atoms with Crippen LogP contribution in [-0.4, -0.2) is 21.4 Å². The van der Waals surface area contributed by atoms with Crippen LogP contribution < -0.4 is 0 Å². The summed E-state index contributed by atoms with van der Waals surface area (Å²) in [5.74, 6) is 0. The third-order valence-corrected chi connectivity index (χ3v) is 1.85. The van der Waals surface area contributed by atoms with E-state index in [2.05, 4.69) is 0 Å². The van der Waals surface area contributed by atoms with Gasteiger partial charge in [0.15, 0.2) is 0 Å². The minimum atomic E-state index is -0.940. The fourth-order valence-corrected chi connectivity index (χ4v) is 1.13. The molecule has 0 saturated carbocycles. The molecule has 2 N–H and O–H groups in total. The first kappa shape index (κ1) is 5.89. The second kappa shape index (κ2) is 1.41. The molecular formula is C8H8O2. The first-order valence-electron chi connectivity index (χ1n) is 3.18. The number of hydrogen-bond donors (Lipinski definition) is 2. The second-order valence-corrected chi connectivity index (χ2v) is 2.77. The Morgan fingerprint density at radius 3 is 1.00 bits per heavy atom. The molecule has 3 rings (SSSR count). The van der Waals surface area contributed by atoms with Gasteiger partial charge in [-0.3, -0.25) is 0 Å². The van der Waals surface area contributed by atoms with Crippen LogP contribution in [0.1, 0.15) is 0 Å². The molecule has 10 heavy (non-hydrogen) atoms. The van der Waals surface area contributed by atoms with Crippen LogP contribution in [-0.2, 0) is 0 Å². The van der Waals surface area contributed by atoms with E-state index in [0.717, 1.165) is 0 Å². The highest BCUT2D eigenvalue weighted by atomic mass is 16.3. The Kier molecular flexibility index (Phi) is 0.832. The fraction of sp³-hybridized carbons (Fsp3) is 0.250. The molecule has 3 aliphatic carbocycles. The lowest BCUT2D eigenvalue weighted by Gasteiger charge is -2.31. The highest BCUT2D eigenvalue weighted by Crippen LogP contribution is 2.29. The monoisotopic (exact) mass is 136 g/mol. The standard InChI is InChI=1S/C8H8O2/c9-7-1-2-8(10,5-3-7)6-4-7/h1-6,9-10H. The van der Waals surface area contributed by atoms with Crippen LogP contribution in [0.2, 0.25) is 0 Å². The Labute approximate surface area is 58.8 Å². The summed E-state index contributed by atoms with van der Waals surface area (Å²) < 4.78 is 0. The Hall–Kier alpha value is -0.860. The maximum atomic E-state index is 9.46. The van der Waals surface area contributed by atoms with Crippen molar-refractivity contribution in [3.8, 4) is 0 Å². The van der Waals surface area contributed by atoms with E-state index in [0.29, 0.717) is 0 Å². The Balaban J connectivity index is 2.49. The Morgan fingerprint density at radius 2 is 0.800 bits per heavy atom. The summed E-state index contributed by atoms with van der Waals surface area (Å²) in [6, 6.07) is 0. The first-order valence-corrected chi connectivity index (χ1v) is 3.18. The van der Waals surface area contributed by atoms with Gasteiger partial charge in [-0.1, -0.05) is 0 Å². The van der Waals surface area contributed by atoms with Crippen LogP contribution in [0, 0.1) is 0 Å². The van der Waals surface area contributed by atoms with Crippen LogP contribution in [0.3, 0.4) is 0 Å². The molecule has 0 atom stereocenters. The van der Waals surface area contributed by atoms with Crippen molar-refractivity contribution in [2.45, 2.75) is 11.2 Å². The smallest absolute Gasteiger partial charge is 0.120 e. The summed E-state index contributed by atoms with van der Waals surface area (Å²) in [7, 11) is 0. The molecule has 3 aliphatic rings. The maximum absolute atomic E-state index is 9.46. The quantitative estimate of drug-likeness (QED) is 0.465. The predicted octanol–water partition coefficient (Wildman–Crippen LogP) is 0.144. The summed E-state index contributed by atoms with van der Waals surface area (Å²) in [5, 5.41) is 18.9. The van der Waals surface area contributed by atoms with Crippen molar-refractivity contribution in [2.75, 3.05) is 0 Å². The highest BCUT2D eigenvalue weighted by molar-refractivity contribution is 5.43. The summed E-state index contributed by atoms with van der Waals surface area (Å²) in [4.78, 5) is 0. The van der Waals surface area contributed by atoms with Crippen molar-refractivity contribution >= 4 is 0 Å². The Morgan fingerprint density at radius 1 is 0.600 bits per heavy atom. The van der Waals surface area contributed by atoms with Crippen molar-refractivity contribution in [1.82, 2.24) is 0 Å². The van der Waals surface area contributed by atoms with Gasteiger partial charge in [-0.2, -0.15) is 0 Å². The number of hydrogen-bond acceptors (Lipinski definition) is 2. The SMILES string of the molecule is OC12C=CC(O)(C=C1)C=C2. The van der Waals surface area contributed by atoms with Gasteiger partial charge in [0, 0.05) is 0 Å². The second-order valence-electron chi connectivity index (χ2n) is 2.77. The molecule has 52 valence electrons. The zero-order valence-corrected chi connectivity index (χ0v) is 5.36. The fourth-order valence-electron chi connectivity index (χ4n) is 1.13. The molecule has 0 aromatic carbocycles. The summed E-state index contributed by atoms with van der Waals surface area (Å²) in [5.41, 5.74) is -1.88. The molecule has 2 bridgehead atoms. The molecule has 2 nitrogen and oxygen atoms in total.